The predicted octanol–water partition coefficient (Wildman–Crippen LogP) is 1.30. The summed E-state index contributed by atoms with van der Waals surface area (Å²) < 4.78 is 4.80. The first kappa shape index (κ1) is 14.0. The maximum atomic E-state index is 11.1. The van der Waals surface area contributed by atoms with Gasteiger partial charge in [0.1, 0.15) is 6.54 Å². The molecule has 1 aromatic rings. The fourth-order valence-electron chi connectivity index (χ4n) is 1.35. The van der Waals surface area contributed by atoms with E-state index in [1.807, 2.05) is 24.3 Å². The molecule has 0 spiro atoms. The highest BCUT2D eigenvalue weighted by molar-refractivity contribution is 5.75. The molecule has 0 saturated heterocycles. The van der Waals surface area contributed by atoms with Crippen LogP contribution in [0.25, 0.3) is 0 Å². The van der Waals surface area contributed by atoms with Crippen LogP contribution in [0.15, 0.2) is 24.3 Å². The van der Waals surface area contributed by atoms with Crippen LogP contribution in [0, 0.1) is 0 Å². The topological polar surface area (TPSA) is 67.4 Å². The minimum Gasteiger partial charge on any atom is -0.465 e. The molecule has 98 valence electrons. The van der Waals surface area contributed by atoms with Gasteiger partial charge in [0.2, 0.25) is 5.91 Å². The average Bonchev–Trinajstić information content (AvgIpc) is 2.35. The second-order valence-corrected chi connectivity index (χ2v) is 3.77. The zero-order chi connectivity index (χ0) is 13.4. The van der Waals surface area contributed by atoms with Gasteiger partial charge in [0.05, 0.1) is 6.61 Å². The van der Waals surface area contributed by atoms with Gasteiger partial charge in [-0.1, -0.05) is 12.1 Å². The molecule has 0 fully saturated rings. The van der Waals surface area contributed by atoms with Gasteiger partial charge in [0.25, 0.3) is 0 Å². The molecule has 1 amide bonds. The van der Waals surface area contributed by atoms with Crippen molar-refractivity contribution in [2.75, 3.05) is 18.5 Å². The van der Waals surface area contributed by atoms with Crippen molar-refractivity contribution in [2.45, 2.75) is 20.4 Å². The lowest BCUT2D eigenvalue weighted by Crippen LogP contribution is -2.19. The molecule has 0 aliphatic carbocycles. The highest BCUT2D eigenvalue weighted by Gasteiger charge is 2.01. The average molecular weight is 250 g/mol. The number of hydrogen-bond acceptors (Lipinski definition) is 4. The first-order valence-corrected chi connectivity index (χ1v) is 5.84. The highest BCUT2D eigenvalue weighted by Crippen LogP contribution is 2.09. The summed E-state index contributed by atoms with van der Waals surface area (Å²) in [5.74, 6) is -0.334. The molecule has 0 saturated carbocycles. The van der Waals surface area contributed by atoms with Crippen LogP contribution in [-0.2, 0) is 20.9 Å². The van der Waals surface area contributed by atoms with Gasteiger partial charge < -0.3 is 15.4 Å². The number of nitrogens with one attached hydrogen (secondary N) is 2. The molecule has 0 aromatic heterocycles. The number of carbonyl (C=O) groups is 2. The molecule has 0 unspecified atom stereocenters. The molecule has 0 aliphatic rings. The third-order valence-corrected chi connectivity index (χ3v) is 2.24. The van der Waals surface area contributed by atoms with Crippen LogP contribution in [0.4, 0.5) is 5.69 Å². The monoisotopic (exact) mass is 250 g/mol. The predicted molar refractivity (Wildman–Crippen MR) is 69.1 cm³/mol. The molecule has 0 atom stereocenters. The summed E-state index contributed by atoms with van der Waals surface area (Å²) in [4.78, 5) is 21.9. The van der Waals surface area contributed by atoms with Crippen molar-refractivity contribution in [2.24, 2.45) is 0 Å². The summed E-state index contributed by atoms with van der Waals surface area (Å²) in [6.07, 6.45) is 0. The van der Waals surface area contributed by atoms with E-state index >= 15 is 0 Å². The molecule has 1 aromatic carbocycles. The van der Waals surface area contributed by atoms with Crippen LogP contribution in [0.2, 0.25) is 0 Å². The van der Waals surface area contributed by atoms with Gasteiger partial charge in [-0.3, -0.25) is 9.59 Å². The molecule has 0 heterocycles. The molecule has 0 radical (unpaired) electrons. The van der Waals surface area contributed by atoms with Crippen molar-refractivity contribution in [3.05, 3.63) is 29.8 Å². The van der Waals surface area contributed by atoms with E-state index in [1.165, 1.54) is 6.92 Å². The molecule has 0 bridgehead atoms. The van der Waals surface area contributed by atoms with Crippen molar-refractivity contribution in [3.8, 4) is 0 Å². The Balaban J connectivity index is 2.40. The molecule has 0 aliphatic heterocycles. The number of rotatable bonds is 6. The van der Waals surface area contributed by atoms with Gasteiger partial charge in [0.15, 0.2) is 0 Å². The van der Waals surface area contributed by atoms with Gasteiger partial charge in [-0.25, -0.2) is 0 Å². The molecule has 2 N–H and O–H groups in total. The van der Waals surface area contributed by atoms with Gasteiger partial charge in [-0.15, -0.1) is 0 Å². The summed E-state index contributed by atoms with van der Waals surface area (Å²) in [7, 11) is 0. The van der Waals surface area contributed by atoms with Crippen LogP contribution in [0.3, 0.4) is 0 Å². The molecule has 5 nitrogen and oxygen atoms in total. The lowest BCUT2D eigenvalue weighted by molar-refractivity contribution is -0.140. The van der Waals surface area contributed by atoms with Crippen LogP contribution < -0.4 is 10.6 Å². The Labute approximate surface area is 107 Å². The minimum absolute atomic E-state index is 0.0560. The summed E-state index contributed by atoms with van der Waals surface area (Å²) in [6, 6.07) is 7.50. The third-order valence-electron chi connectivity index (χ3n) is 2.24. The minimum atomic E-state index is -0.278. The molecule has 18 heavy (non-hydrogen) atoms. The number of ether oxygens (including phenoxy) is 1. The molecule has 1 rings (SSSR count). The van der Waals surface area contributed by atoms with Gasteiger partial charge >= 0.3 is 5.97 Å². The van der Waals surface area contributed by atoms with Crippen LogP contribution >= 0.6 is 0 Å². The van der Waals surface area contributed by atoms with Crippen molar-refractivity contribution in [1.82, 2.24) is 5.32 Å². The van der Waals surface area contributed by atoms with Crippen LogP contribution in [-0.4, -0.2) is 25.0 Å². The Hall–Kier alpha value is -2.04. The number of anilines is 1. The second-order valence-electron chi connectivity index (χ2n) is 3.77. The van der Waals surface area contributed by atoms with Crippen molar-refractivity contribution in [1.29, 1.82) is 0 Å². The fraction of sp³-hybridized carbons (Fsp3) is 0.385. The first-order valence-electron chi connectivity index (χ1n) is 5.84. The molecular formula is C13H18N2O3. The van der Waals surface area contributed by atoms with Crippen molar-refractivity contribution < 1.29 is 14.3 Å². The standard InChI is InChI=1S/C13H18N2O3/c1-3-18-13(17)9-15-12-6-4-11(5-7-12)8-14-10(2)16/h4-7,15H,3,8-9H2,1-2H3,(H,14,16). The Morgan fingerprint density at radius 2 is 1.89 bits per heavy atom. The quantitative estimate of drug-likeness (QED) is 0.747. The van der Waals surface area contributed by atoms with Gasteiger partial charge in [-0.2, -0.15) is 0 Å². The zero-order valence-electron chi connectivity index (χ0n) is 10.7. The summed E-state index contributed by atoms with van der Waals surface area (Å²) in [5.41, 5.74) is 1.85. The summed E-state index contributed by atoms with van der Waals surface area (Å²) in [5, 5.41) is 5.67. The Bertz CT molecular complexity index is 401. The number of esters is 1. The second kappa shape index (κ2) is 7.32. The number of amides is 1. The van der Waals surface area contributed by atoms with Crippen LogP contribution in [0.5, 0.6) is 0 Å². The van der Waals surface area contributed by atoms with Crippen LogP contribution in [0.1, 0.15) is 19.4 Å². The van der Waals surface area contributed by atoms with E-state index in [-0.39, 0.29) is 18.4 Å². The molecule has 5 heteroatoms. The van der Waals surface area contributed by atoms with Crippen molar-refractivity contribution in [3.63, 3.8) is 0 Å². The van der Waals surface area contributed by atoms with E-state index in [4.69, 9.17) is 4.74 Å². The van der Waals surface area contributed by atoms with Crippen molar-refractivity contribution >= 4 is 17.6 Å². The Morgan fingerprint density at radius 1 is 1.22 bits per heavy atom. The maximum Gasteiger partial charge on any atom is 0.325 e. The van der Waals surface area contributed by atoms with E-state index in [1.54, 1.807) is 6.92 Å². The Morgan fingerprint density at radius 3 is 2.44 bits per heavy atom. The fourth-order valence-corrected chi connectivity index (χ4v) is 1.35. The third kappa shape index (κ3) is 5.34. The summed E-state index contributed by atoms with van der Waals surface area (Å²) in [6.45, 7) is 4.30. The van der Waals surface area contributed by atoms with E-state index in [0.717, 1.165) is 11.3 Å². The normalized spacial score (nSPS) is 9.67. The van der Waals surface area contributed by atoms with E-state index in [0.29, 0.717) is 13.2 Å². The smallest absolute Gasteiger partial charge is 0.325 e. The number of benzene rings is 1. The van der Waals surface area contributed by atoms with E-state index in [9.17, 15) is 9.59 Å². The number of hydrogen-bond donors (Lipinski definition) is 2. The lowest BCUT2D eigenvalue weighted by atomic mass is 10.2. The SMILES string of the molecule is CCOC(=O)CNc1ccc(CNC(C)=O)cc1. The van der Waals surface area contributed by atoms with E-state index in [2.05, 4.69) is 10.6 Å². The maximum absolute atomic E-state index is 11.1. The van der Waals surface area contributed by atoms with Gasteiger partial charge in [0, 0.05) is 19.2 Å². The van der Waals surface area contributed by atoms with Gasteiger partial charge in [-0.05, 0) is 24.6 Å². The lowest BCUT2D eigenvalue weighted by Gasteiger charge is -2.07. The Kier molecular flexibility index (Phi) is 5.70. The zero-order valence-corrected chi connectivity index (χ0v) is 10.7. The number of carbonyl (C=O) groups excluding carboxylic acids is 2. The van der Waals surface area contributed by atoms with E-state index < -0.39 is 0 Å². The first-order chi connectivity index (χ1) is 8.61. The largest absolute Gasteiger partial charge is 0.465 e. The highest BCUT2D eigenvalue weighted by atomic mass is 16.5. The summed E-state index contributed by atoms with van der Waals surface area (Å²) >= 11 is 0. The molecular weight excluding hydrogens is 232 g/mol.